The summed E-state index contributed by atoms with van der Waals surface area (Å²) in [4.78, 5) is 16.4. The van der Waals surface area contributed by atoms with Gasteiger partial charge < -0.3 is 30.2 Å². The number of nitrogens with zero attached hydrogens (tertiary/aromatic N) is 4. The number of aromatic nitrogens is 3. The smallest absolute Gasteiger partial charge is 0.225 e. The summed E-state index contributed by atoms with van der Waals surface area (Å²) in [6.45, 7) is 5.29. The van der Waals surface area contributed by atoms with Gasteiger partial charge in [-0.2, -0.15) is 10.4 Å². The highest BCUT2D eigenvalue weighted by Gasteiger charge is 2.58. The summed E-state index contributed by atoms with van der Waals surface area (Å²) in [6.07, 6.45) is -2.99. The highest BCUT2D eigenvalue weighted by molar-refractivity contribution is 5.83. The van der Waals surface area contributed by atoms with Gasteiger partial charge in [0, 0.05) is 18.3 Å². The average molecular weight is 524 g/mol. The van der Waals surface area contributed by atoms with E-state index in [9.17, 15) is 20.3 Å². The number of aliphatic hydroxyl groups is 2. The van der Waals surface area contributed by atoms with Gasteiger partial charge in [-0.3, -0.25) is 4.79 Å². The van der Waals surface area contributed by atoms with Gasteiger partial charge in [0.2, 0.25) is 5.60 Å². The van der Waals surface area contributed by atoms with E-state index >= 15 is 0 Å². The summed E-state index contributed by atoms with van der Waals surface area (Å²) in [5, 5.41) is 36.4. The van der Waals surface area contributed by atoms with Crippen molar-refractivity contribution in [2.75, 3.05) is 18.9 Å². The van der Waals surface area contributed by atoms with Crippen LogP contribution in [0.15, 0.2) is 48.8 Å². The van der Waals surface area contributed by atoms with Crippen LogP contribution in [0.1, 0.15) is 38.4 Å². The number of nitrogen functional groups attached to an aromatic ring is 1. The van der Waals surface area contributed by atoms with Gasteiger partial charge in [-0.1, -0.05) is 51.1 Å². The number of benzene rings is 1. The second-order valence-electron chi connectivity index (χ2n) is 10.3. The molecule has 0 spiro atoms. The number of hydrogen-bond acceptors (Lipinski definition) is 10. The van der Waals surface area contributed by atoms with E-state index in [2.05, 4.69) is 16.2 Å². The molecule has 202 valence electrons. The summed E-state index contributed by atoms with van der Waals surface area (Å²) >= 11 is 0. The maximum Gasteiger partial charge on any atom is 0.225 e. The number of nitrogens with two attached hydrogens (primary N) is 1. The minimum atomic E-state index is -1.88. The van der Waals surface area contributed by atoms with E-state index < -0.39 is 35.6 Å². The average Bonchev–Trinajstić information content (AvgIpc) is 3.43. The van der Waals surface area contributed by atoms with Crippen LogP contribution < -0.4 is 5.73 Å². The number of nitriles is 1. The number of ketones is 1. The number of carbonyl (C=O) groups is 1. The first-order valence-corrected chi connectivity index (χ1v) is 12.4. The Labute approximate surface area is 220 Å². The van der Waals surface area contributed by atoms with Crippen LogP contribution in [0.2, 0.25) is 0 Å². The molecule has 0 bridgehead atoms. The first kappa shape index (κ1) is 27.6. The molecule has 2 aromatic heterocycles. The van der Waals surface area contributed by atoms with Gasteiger partial charge in [-0.05, 0) is 17.7 Å². The molecule has 1 saturated heterocycles. The molecular weight excluding hydrogens is 490 g/mol. The molecule has 1 unspecified atom stereocenters. The zero-order valence-corrected chi connectivity index (χ0v) is 21.7. The Kier molecular flexibility index (Phi) is 8.10. The highest BCUT2D eigenvalue weighted by atomic mass is 16.6. The van der Waals surface area contributed by atoms with Crippen LogP contribution in [-0.2, 0) is 31.0 Å². The lowest BCUT2D eigenvalue weighted by Gasteiger charge is -2.25. The van der Waals surface area contributed by atoms with Crippen molar-refractivity contribution in [1.82, 2.24) is 14.6 Å². The number of hydrogen-bond donors (Lipinski definition) is 3. The third-order valence-corrected chi connectivity index (χ3v) is 6.64. The molecule has 1 fully saturated rings. The van der Waals surface area contributed by atoms with Crippen LogP contribution in [-0.4, -0.2) is 68.4 Å². The molecule has 1 aliphatic heterocycles. The normalized spacial score (nSPS) is 24.4. The lowest BCUT2D eigenvalue weighted by atomic mass is 9.89. The fourth-order valence-corrected chi connectivity index (χ4v) is 4.48. The Balaban J connectivity index is 1.57. The molecule has 11 heteroatoms. The minimum absolute atomic E-state index is 0.00621. The van der Waals surface area contributed by atoms with E-state index in [0.29, 0.717) is 5.52 Å². The van der Waals surface area contributed by atoms with E-state index in [1.165, 1.54) is 10.8 Å². The van der Waals surface area contributed by atoms with Crippen molar-refractivity contribution in [3.8, 4) is 6.07 Å². The summed E-state index contributed by atoms with van der Waals surface area (Å²) in [7, 11) is 0. The zero-order valence-electron chi connectivity index (χ0n) is 21.7. The summed E-state index contributed by atoms with van der Waals surface area (Å²) in [5.74, 6) is 0.192. The molecule has 0 saturated carbocycles. The Hall–Kier alpha value is -3.40. The number of anilines is 1. The third kappa shape index (κ3) is 5.55. The lowest BCUT2D eigenvalue weighted by Crippen LogP contribution is -2.42. The standard InChI is InChI=1S/C27H33N5O6/c1-26(2,3)21(33)11-12-36-23-19(14-37-22(34)13-17-7-5-4-6-8-17)38-27(15-28,24(23)35)20-10-9-18-25(29)30-16-31-32(18)20/h4-10,16,19,22-24,34-35H,11-14H2,1-3H3,(H2,29,30,31)/t19-,22?,23-,24-,27+/m1/s1. The number of Topliss-reactive ketones (excluding diaryl/α,β-unsaturated/α-hetero) is 1. The molecule has 0 aliphatic carbocycles. The second-order valence-corrected chi connectivity index (χ2v) is 10.3. The SMILES string of the molecule is CC(C)(C)C(=O)CCO[C@H]1[C@@H](O)[C@](C#N)(c2ccc3c(N)ncnn23)O[C@@H]1COC(O)Cc1ccccc1. The van der Waals surface area contributed by atoms with Crippen LogP contribution in [0, 0.1) is 16.7 Å². The second kappa shape index (κ2) is 11.1. The molecule has 5 atom stereocenters. The van der Waals surface area contributed by atoms with E-state index in [1.54, 1.807) is 12.1 Å². The summed E-state index contributed by atoms with van der Waals surface area (Å²) in [5.41, 5.74) is 5.09. The minimum Gasteiger partial charge on any atom is -0.386 e. The molecule has 0 amide bonds. The van der Waals surface area contributed by atoms with Crippen LogP contribution in [0.5, 0.6) is 0 Å². The highest BCUT2D eigenvalue weighted by Crippen LogP contribution is 2.42. The molecule has 0 radical (unpaired) electrons. The summed E-state index contributed by atoms with van der Waals surface area (Å²) in [6, 6.07) is 14.6. The van der Waals surface area contributed by atoms with Gasteiger partial charge in [0.05, 0.1) is 18.9 Å². The van der Waals surface area contributed by atoms with Gasteiger partial charge in [0.15, 0.2) is 12.1 Å². The van der Waals surface area contributed by atoms with Gasteiger partial charge in [0.1, 0.15) is 42.0 Å². The van der Waals surface area contributed by atoms with Crippen LogP contribution in [0.25, 0.3) is 5.52 Å². The lowest BCUT2D eigenvalue weighted by molar-refractivity contribution is -0.149. The largest absolute Gasteiger partial charge is 0.386 e. The number of carbonyl (C=O) groups excluding carboxylic acids is 1. The first-order valence-electron chi connectivity index (χ1n) is 12.4. The van der Waals surface area contributed by atoms with Crippen LogP contribution >= 0.6 is 0 Å². The monoisotopic (exact) mass is 523 g/mol. The molecular formula is C27H33N5O6. The Bertz CT molecular complexity index is 1300. The van der Waals surface area contributed by atoms with E-state index in [4.69, 9.17) is 19.9 Å². The topological polar surface area (TPSA) is 165 Å². The maximum atomic E-state index is 12.4. The Morgan fingerprint density at radius 3 is 2.71 bits per heavy atom. The number of ether oxygens (including phenoxy) is 3. The van der Waals surface area contributed by atoms with Crippen molar-refractivity contribution in [2.24, 2.45) is 5.41 Å². The molecule has 38 heavy (non-hydrogen) atoms. The fourth-order valence-electron chi connectivity index (χ4n) is 4.48. The van der Waals surface area contributed by atoms with Gasteiger partial charge in [-0.15, -0.1) is 0 Å². The van der Waals surface area contributed by atoms with Crippen molar-refractivity contribution >= 4 is 17.1 Å². The van der Waals surface area contributed by atoms with Gasteiger partial charge in [0.25, 0.3) is 0 Å². The number of aliphatic hydroxyl groups excluding tert-OH is 2. The third-order valence-electron chi connectivity index (χ3n) is 6.64. The fraction of sp³-hybridized carbons (Fsp3) is 0.481. The molecule has 1 aromatic carbocycles. The molecule has 1 aliphatic rings. The van der Waals surface area contributed by atoms with Crippen LogP contribution in [0.4, 0.5) is 5.82 Å². The number of fused-ring (bicyclic) bond motifs is 1. The molecule has 4 rings (SSSR count). The summed E-state index contributed by atoms with van der Waals surface area (Å²) < 4.78 is 19.2. The number of rotatable bonds is 10. The van der Waals surface area contributed by atoms with Gasteiger partial charge in [-0.25, -0.2) is 9.50 Å². The van der Waals surface area contributed by atoms with Crippen molar-refractivity contribution in [3.63, 3.8) is 0 Å². The van der Waals surface area contributed by atoms with E-state index in [0.717, 1.165) is 5.56 Å². The first-order chi connectivity index (χ1) is 18.1. The van der Waals surface area contributed by atoms with Crippen molar-refractivity contribution in [1.29, 1.82) is 5.26 Å². The molecule has 11 nitrogen and oxygen atoms in total. The molecule has 3 aromatic rings. The molecule has 3 heterocycles. The van der Waals surface area contributed by atoms with Crippen molar-refractivity contribution in [2.45, 2.75) is 63.8 Å². The Morgan fingerprint density at radius 2 is 2.03 bits per heavy atom. The van der Waals surface area contributed by atoms with Gasteiger partial charge >= 0.3 is 0 Å². The van der Waals surface area contributed by atoms with Crippen LogP contribution in [0.3, 0.4) is 0 Å². The quantitative estimate of drug-likeness (QED) is 0.333. The predicted molar refractivity (Wildman–Crippen MR) is 136 cm³/mol. The predicted octanol–water partition coefficient (Wildman–Crippen LogP) is 1.76. The van der Waals surface area contributed by atoms with Crippen molar-refractivity contribution in [3.05, 3.63) is 60.0 Å². The zero-order chi connectivity index (χ0) is 27.5. The molecule has 4 N–H and O–H groups in total. The Morgan fingerprint density at radius 1 is 1.29 bits per heavy atom. The van der Waals surface area contributed by atoms with E-state index in [1.807, 2.05) is 51.1 Å². The van der Waals surface area contributed by atoms with Crippen molar-refractivity contribution < 1.29 is 29.2 Å². The maximum absolute atomic E-state index is 12.4. The van der Waals surface area contributed by atoms with E-state index in [-0.39, 0.29) is 43.4 Å².